The number of carbonyl (C=O) groups excluding carboxylic acids is 1. The zero-order valence-electron chi connectivity index (χ0n) is 6.96. The molecular weight excluding hydrogens is 160 g/mol. The quantitative estimate of drug-likeness (QED) is 0.607. The van der Waals surface area contributed by atoms with Crippen LogP contribution in [-0.2, 0) is 14.3 Å². The lowest BCUT2D eigenvalue weighted by Gasteiger charge is -2.05. The molecule has 0 spiro atoms. The summed E-state index contributed by atoms with van der Waals surface area (Å²) in [6, 6.07) is 0. The molecule has 0 aromatic rings. The van der Waals surface area contributed by atoms with Gasteiger partial charge in [0.25, 0.3) is 0 Å². The molecule has 12 heavy (non-hydrogen) atoms. The van der Waals surface area contributed by atoms with Crippen molar-refractivity contribution in [3.8, 4) is 0 Å². The molecule has 4 nitrogen and oxygen atoms in total. The van der Waals surface area contributed by atoms with Gasteiger partial charge >= 0.3 is 5.97 Å². The molecular formula is C8H10O4. The Morgan fingerprint density at radius 3 is 2.92 bits per heavy atom. The Hall–Kier alpha value is -1.29. The van der Waals surface area contributed by atoms with Crippen molar-refractivity contribution in [2.45, 2.75) is 6.92 Å². The molecule has 0 bridgehead atoms. The fraction of sp³-hybridized carbons (Fsp3) is 0.375. The smallest absolute Gasteiger partial charge is 0.340 e. The molecule has 0 saturated heterocycles. The summed E-state index contributed by atoms with van der Waals surface area (Å²) in [5.41, 5.74) is 0.578. The van der Waals surface area contributed by atoms with Gasteiger partial charge in [-0.1, -0.05) is 0 Å². The van der Waals surface area contributed by atoms with Gasteiger partial charge in [-0.3, -0.25) is 0 Å². The van der Waals surface area contributed by atoms with Gasteiger partial charge < -0.3 is 14.6 Å². The van der Waals surface area contributed by atoms with Crippen LogP contribution in [0.15, 0.2) is 23.2 Å². The summed E-state index contributed by atoms with van der Waals surface area (Å²) in [5.74, 6) is 0.228. The molecule has 0 aromatic carbocycles. The molecule has 0 aliphatic carbocycles. The third kappa shape index (κ3) is 1.48. The van der Waals surface area contributed by atoms with Gasteiger partial charge in [-0.05, 0) is 12.5 Å². The number of aliphatic hydroxyl groups excluding tert-OH is 1. The van der Waals surface area contributed by atoms with Crippen LogP contribution in [0, 0.1) is 0 Å². The van der Waals surface area contributed by atoms with Gasteiger partial charge in [0.05, 0.1) is 19.8 Å². The van der Waals surface area contributed by atoms with Crippen LogP contribution in [0.3, 0.4) is 0 Å². The van der Waals surface area contributed by atoms with E-state index >= 15 is 0 Å². The molecule has 0 unspecified atom stereocenters. The molecule has 0 aromatic heterocycles. The third-order valence-corrected chi connectivity index (χ3v) is 1.52. The Morgan fingerprint density at radius 1 is 1.75 bits per heavy atom. The molecule has 0 saturated carbocycles. The fourth-order valence-electron chi connectivity index (χ4n) is 0.874. The van der Waals surface area contributed by atoms with E-state index in [1.165, 1.54) is 13.2 Å². The van der Waals surface area contributed by atoms with Gasteiger partial charge in [0, 0.05) is 0 Å². The van der Waals surface area contributed by atoms with E-state index in [0.29, 0.717) is 17.1 Å². The highest BCUT2D eigenvalue weighted by atomic mass is 16.6. The van der Waals surface area contributed by atoms with Crippen LogP contribution >= 0.6 is 0 Å². The number of carbonyl (C=O) groups is 1. The predicted octanol–water partition coefficient (Wildman–Crippen LogP) is 0.340. The van der Waals surface area contributed by atoms with Gasteiger partial charge in [-0.25, -0.2) is 4.79 Å². The Balaban J connectivity index is 2.96. The first-order valence-electron chi connectivity index (χ1n) is 3.47. The number of hydrogen-bond acceptors (Lipinski definition) is 4. The van der Waals surface area contributed by atoms with E-state index in [0.717, 1.165) is 0 Å². The van der Waals surface area contributed by atoms with E-state index in [1.807, 2.05) is 0 Å². The summed E-state index contributed by atoms with van der Waals surface area (Å²) in [4.78, 5) is 10.7. The summed E-state index contributed by atoms with van der Waals surface area (Å²) in [6.07, 6.45) is 1.24. The summed E-state index contributed by atoms with van der Waals surface area (Å²) >= 11 is 0. The van der Waals surface area contributed by atoms with Crippen LogP contribution < -0.4 is 0 Å². The van der Waals surface area contributed by atoms with E-state index in [9.17, 15) is 4.79 Å². The average Bonchev–Trinajstić information content (AvgIpc) is 2.45. The Bertz CT molecular complexity index is 262. The maximum absolute atomic E-state index is 10.7. The molecule has 1 heterocycles. The number of methoxy groups -OCH3 is 1. The first-order valence-corrected chi connectivity index (χ1v) is 3.47. The lowest BCUT2D eigenvalue weighted by Crippen LogP contribution is -1.98. The lowest BCUT2D eigenvalue weighted by molar-refractivity contribution is -0.132. The van der Waals surface area contributed by atoms with Gasteiger partial charge in [-0.2, -0.15) is 0 Å². The van der Waals surface area contributed by atoms with Crippen LogP contribution in [-0.4, -0.2) is 24.8 Å². The second-order valence-corrected chi connectivity index (χ2v) is 2.40. The van der Waals surface area contributed by atoms with Crippen LogP contribution in [0.1, 0.15) is 6.92 Å². The van der Waals surface area contributed by atoms with E-state index in [4.69, 9.17) is 14.6 Å². The van der Waals surface area contributed by atoms with Crippen LogP contribution in [0.5, 0.6) is 0 Å². The molecule has 1 aliphatic rings. The van der Waals surface area contributed by atoms with Crippen molar-refractivity contribution in [3.63, 3.8) is 0 Å². The maximum Gasteiger partial charge on any atom is 0.340 e. The van der Waals surface area contributed by atoms with Crippen molar-refractivity contribution in [2.75, 3.05) is 13.7 Å². The Kier molecular flexibility index (Phi) is 2.50. The molecule has 0 amide bonds. The van der Waals surface area contributed by atoms with Crippen molar-refractivity contribution in [1.29, 1.82) is 0 Å². The topological polar surface area (TPSA) is 55.8 Å². The van der Waals surface area contributed by atoms with Gasteiger partial charge in [0.1, 0.15) is 0 Å². The van der Waals surface area contributed by atoms with E-state index in [1.54, 1.807) is 6.92 Å². The third-order valence-electron chi connectivity index (χ3n) is 1.52. The number of hydrogen-bond donors (Lipinski definition) is 1. The zero-order valence-corrected chi connectivity index (χ0v) is 6.96. The zero-order chi connectivity index (χ0) is 9.14. The largest absolute Gasteiger partial charge is 0.493 e. The van der Waals surface area contributed by atoms with E-state index in [-0.39, 0.29) is 6.61 Å². The first kappa shape index (κ1) is 8.80. The molecule has 0 fully saturated rings. The SMILES string of the molecule is COC1=CC(=O)O/C1=C(\C)CO. The molecule has 0 radical (unpaired) electrons. The highest BCUT2D eigenvalue weighted by Gasteiger charge is 2.22. The van der Waals surface area contributed by atoms with Crippen molar-refractivity contribution < 1.29 is 19.4 Å². The molecule has 1 rings (SSSR count). The summed E-state index contributed by atoms with van der Waals surface area (Å²) in [7, 11) is 1.44. The number of rotatable bonds is 2. The van der Waals surface area contributed by atoms with Crippen LogP contribution in [0.25, 0.3) is 0 Å². The van der Waals surface area contributed by atoms with Gasteiger partial charge in [0.15, 0.2) is 11.5 Å². The van der Waals surface area contributed by atoms with Crippen molar-refractivity contribution in [1.82, 2.24) is 0 Å². The van der Waals surface area contributed by atoms with Crippen molar-refractivity contribution >= 4 is 5.97 Å². The minimum atomic E-state index is -0.463. The van der Waals surface area contributed by atoms with Crippen molar-refractivity contribution in [3.05, 3.63) is 23.2 Å². The Morgan fingerprint density at radius 2 is 2.42 bits per heavy atom. The molecule has 0 atom stereocenters. The summed E-state index contributed by atoms with van der Waals surface area (Å²) < 4.78 is 9.64. The number of cyclic esters (lactones) is 1. The Labute approximate surface area is 70.1 Å². The second kappa shape index (κ2) is 3.40. The van der Waals surface area contributed by atoms with Crippen LogP contribution in [0.2, 0.25) is 0 Å². The molecule has 1 N–H and O–H groups in total. The predicted molar refractivity (Wildman–Crippen MR) is 41.0 cm³/mol. The summed E-state index contributed by atoms with van der Waals surface area (Å²) in [6.45, 7) is 1.52. The highest BCUT2D eigenvalue weighted by molar-refractivity contribution is 5.87. The average molecular weight is 170 g/mol. The standard InChI is InChI=1S/C8H10O4/c1-5(4-9)8-6(11-2)3-7(10)12-8/h3,9H,4H2,1-2H3/b8-5+. The minimum Gasteiger partial charge on any atom is -0.493 e. The van der Waals surface area contributed by atoms with Crippen LogP contribution in [0.4, 0.5) is 0 Å². The monoisotopic (exact) mass is 170 g/mol. The highest BCUT2D eigenvalue weighted by Crippen LogP contribution is 2.22. The normalized spacial score (nSPS) is 20.2. The lowest BCUT2D eigenvalue weighted by atomic mass is 10.2. The summed E-state index contributed by atoms with van der Waals surface area (Å²) in [5, 5.41) is 8.76. The number of aliphatic hydroxyl groups is 1. The van der Waals surface area contributed by atoms with E-state index in [2.05, 4.69) is 0 Å². The molecule has 4 heteroatoms. The number of esters is 1. The maximum atomic E-state index is 10.7. The minimum absolute atomic E-state index is 0.149. The molecule has 1 aliphatic heterocycles. The first-order chi connectivity index (χ1) is 5.69. The fourth-order valence-corrected chi connectivity index (χ4v) is 0.874. The van der Waals surface area contributed by atoms with E-state index < -0.39 is 5.97 Å². The van der Waals surface area contributed by atoms with Gasteiger partial charge in [-0.15, -0.1) is 0 Å². The number of ether oxygens (including phenoxy) is 2. The van der Waals surface area contributed by atoms with Crippen molar-refractivity contribution in [2.24, 2.45) is 0 Å². The second-order valence-electron chi connectivity index (χ2n) is 2.40. The van der Waals surface area contributed by atoms with Gasteiger partial charge in [0.2, 0.25) is 0 Å². The molecule has 66 valence electrons.